The van der Waals surface area contributed by atoms with Crippen LogP contribution in [0.2, 0.25) is 5.02 Å². The maximum Gasteiger partial charge on any atom is 0.368 e. The monoisotopic (exact) mass is 390 g/mol. The lowest BCUT2D eigenvalue weighted by Gasteiger charge is -2.19. The van der Waals surface area contributed by atoms with E-state index in [1.54, 1.807) is 25.1 Å². The van der Waals surface area contributed by atoms with E-state index in [1.165, 1.54) is 11.1 Å². The summed E-state index contributed by atoms with van der Waals surface area (Å²) in [4.78, 5) is 38.9. The maximum atomic E-state index is 12.3. The van der Waals surface area contributed by atoms with Gasteiger partial charge in [0.1, 0.15) is 11.4 Å². The Morgan fingerprint density at radius 2 is 2.15 bits per heavy atom. The van der Waals surface area contributed by atoms with E-state index in [0.717, 1.165) is 5.56 Å². The molecule has 142 valence electrons. The Hall–Kier alpha value is -3.07. The third-order valence-electron chi connectivity index (χ3n) is 4.46. The van der Waals surface area contributed by atoms with Gasteiger partial charge in [0.05, 0.1) is 11.7 Å². The molecule has 0 radical (unpaired) electrons. The van der Waals surface area contributed by atoms with Crippen molar-refractivity contribution in [1.82, 2.24) is 15.3 Å². The highest BCUT2D eigenvalue weighted by Crippen LogP contribution is 2.24. The van der Waals surface area contributed by atoms with Gasteiger partial charge in [-0.3, -0.25) is 4.90 Å². The van der Waals surface area contributed by atoms with Crippen LogP contribution in [0.15, 0.2) is 24.4 Å². The molecule has 0 bridgehead atoms. The van der Waals surface area contributed by atoms with Gasteiger partial charge in [0.2, 0.25) is 5.95 Å². The van der Waals surface area contributed by atoms with Gasteiger partial charge >= 0.3 is 12.0 Å². The number of halogens is 1. The molecule has 1 aliphatic rings. The molecule has 1 saturated heterocycles. The largest absolute Gasteiger partial charge is 0.383 e. The van der Waals surface area contributed by atoms with Crippen molar-refractivity contribution >= 4 is 41.1 Å². The van der Waals surface area contributed by atoms with E-state index in [4.69, 9.17) is 22.2 Å². The number of nitrogen functional groups attached to an aromatic ring is 1. The number of hydrogen-bond acceptors (Lipinski definition) is 7. The van der Waals surface area contributed by atoms with E-state index in [-0.39, 0.29) is 35.4 Å². The van der Waals surface area contributed by atoms with Crippen LogP contribution in [0.1, 0.15) is 29.8 Å². The minimum Gasteiger partial charge on any atom is -0.383 e. The van der Waals surface area contributed by atoms with E-state index in [9.17, 15) is 9.59 Å². The van der Waals surface area contributed by atoms with Crippen LogP contribution >= 0.6 is 11.6 Å². The Labute approximate surface area is 160 Å². The predicted octanol–water partition coefficient (Wildman–Crippen LogP) is 2.51. The summed E-state index contributed by atoms with van der Waals surface area (Å²) in [5.74, 6) is -0.725. The van der Waals surface area contributed by atoms with Crippen LogP contribution in [0.25, 0.3) is 0 Å². The molecule has 3 rings (SSSR count). The minimum absolute atomic E-state index is 0.0220. The second-order valence-electron chi connectivity index (χ2n) is 6.22. The van der Waals surface area contributed by atoms with Crippen LogP contribution in [0, 0.1) is 6.92 Å². The maximum absolute atomic E-state index is 12.3. The quantitative estimate of drug-likeness (QED) is 0.685. The molecule has 0 spiro atoms. The number of hydrogen-bond donors (Lipinski definition) is 3. The van der Waals surface area contributed by atoms with Crippen molar-refractivity contribution in [3.63, 3.8) is 0 Å². The van der Waals surface area contributed by atoms with E-state index >= 15 is 0 Å². The van der Waals surface area contributed by atoms with Crippen molar-refractivity contribution in [2.24, 2.45) is 0 Å². The van der Waals surface area contributed by atoms with E-state index < -0.39 is 5.97 Å². The smallest absolute Gasteiger partial charge is 0.368 e. The van der Waals surface area contributed by atoms with Gasteiger partial charge in [0.25, 0.3) is 0 Å². The van der Waals surface area contributed by atoms with Crippen molar-refractivity contribution in [3.8, 4) is 0 Å². The van der Waals surface area contributed by atoms with E-state index in [2.05, 4.69) is 20.8 Å². The highest BCUT2D eigenvalue weighted by molar-refractivity contribution is 6.31. The number of carbonyl (C=O) groups excluding carboxylic acids is 2. The second-order valence-corrected chi connectivity index (χ2v) is 6.63. The first-order valence-electron chi connectivity index (χ1n) is 8.24. The Balaban J connectivity index is 1.75. The fraction of sp³-hybridized carbons (Fsp3) is 0.294. The van der Waals surface area contributed by atoms with Gasteiger partial charge in [0, 0.05) is 17.3 Å². The van der Waals surface area contributed by atoms with Crippen molar-refractivity contribution in [1.29, 1.82) is 0 Å². The molecular weight excluding hydrogens is 372 g/mol. The van der Waals surface area contributed by atoms with Crippen molar-refractivity contribution in [2.75, 3.05) is 16.1 Å². The highest BCUT2D eigenvalue weighted by atomic mass is 35.5. The molecule has 10 heteroatoms. The molecular formula is C17H19ClN6O3. The number of nitrogens with zero attached hydrogens (tertiary/aromatic N) is 3. The minimum atomic E-state index is -0.759. The fourth-order valence-corrected chi connectivity index (χ4v) is 2.77. The second kappa shape index (κ2) is 7.28. The van der Waals surface area contributed by atoms with Gasteiger partial charge in [-0.15, -0.1) is 0 Å². The van der Waals surface area contributed by atoms with Crippen LogP contribution in [0.3, 0.4) is 0 Å². The standard InChI is InChI=1S/C17H19ClN6O3/c1-8-12(18)5-4-6-13(8)23-27-15(25)11-7-20-16(22-14(11)19)24-10(3)9(2)21-17(24)26/h4-7,9-10,23H,1-3H3,(H,21,26)(H2,19,20,22). The zero-order chi connectivity index (χ0) is 19.7. The molecule has 4 N–H and O–H groups in total. The van der Waals surface area contributed by atoms with Gasteiger partial charge < -0.3 is 15.9 Å². The molecule has 2 heterocycles. The first-order valence-corrected chi connectivity index (χ1v) is 8.62. The lowest BCUT2D eigenvalue weighted by molar-refractivity contribution is 0.0596. The summed E-state index contributed by atoms with van der Waals surface area (Å²) in [6, 6.07) is 4.64. The van der Waals surface area contributed by atoms with Crippen LogP contribution in [0.4, 0.5) is 22.2 Å². The molecule has 2 amide bonds. The number of benzene rings is 1. The highest BCUT2D eigenvalue weighted by Gasteiger charge is 2.36. The molecule has 0 aliphatic carbocycles. The summed E-state index contributed by atoms with van der Waals surface area (Å²) in [5, 5.41) is 3.31. The molecule has 2 atom stereocenters. The molecule has 2 aromatic rings. The van der Waals surface area contributed by atoms with Gasteiger partial charge in [-0.25, -0.2) is 20.1 Å². The Kier molecular flexibility index (Phi) is 5.04. The Bertz CT molecular complexity index is 906. The average molecular weight is 391 g/mol. The molecule has 9 nitrogen and oxygen atoms in total. The first-order chi connectivity index (χ1) is 12.8. The van der Waals surface area contributed by atoms with E-state index in [0.29, 0.717) is 10.7 Å². The normalized spacial score (nSPS) is 19.0. The third kappa shape index (κ3) is 3.59. The summed E-state index contributed by atoms with van der Waals surface area (Å²) in [7, 11) is 0. The van der Waals surface area contributed by atoms with Crippen LogP contribution in [0.5, 0.6) is 0 Å². The zero-order valence-electron chi connectivity index (χ0n) is 15.0. The lowest BCUT2D eigenvalue weighted by Crippen LogP contribution is -2.35. The predicted molar refractivity (Wildman–Crippen MR) is 102 cm³/mol. The summed E-state index contributed by atoms with van der Waals surface area (Å²) in [5.41, 5.74) is 9.68. The number of nitrogens with one attached hydrogen (secondary N) is 2. The summed E-state index contributed by atoms with van der Waals surface area (Å²) in [6.45, 7) is 5.52. The third-order valence-corrected chi connectivity index (χ3v) is 4.87. The molecule has 1 aromatic heterocycles. The van der Waals surface area contributed by atoms with Gasteiger partial charge in [-0.1, -0.05) is 17.7 Å². The van der Waals surface area contributed by atoms with Gasteiger partial charge in [-0.05, 0) is 38.5 Å². The molecule has 1 aromatic carbocycles. The summed E-state index contributed by atoms with van der Waals surface area (Å²) < 4.78 is 0. The Morgan fingerprint density at radius 3 is 2.78 bits per heavy atom. The number of aromatic nitrogens is 2. The number of amides is 2. The number of urea groups is 1. The van der Waals surface area contributed by atoms with Gasteiger partial charge in [-0.2, -0.15) is 4.98 Å². The number of anilines is 3. The Morgan fingerprint density at radius 1 is 1.41 bits per heavy atom. The first kappa shape index (κ1) is 18.7. The lowest BCUT2D eigenvalue weighted by atomic mass is 10.2. The zero-order valence-corrected chi connectivity index (χ0v) is 15.7. The molecule has 1 aliphatic heterocycles. The number of rotatable bonds is 4. The summed E-state index contributed by atoms with van der Waals surface area (Å²) >= 11 is 6.03. The SMILES string of the molecule is Cc1c(Cl)cccc1NOC(=O)c1cnc(N2C(=O)NC(C)C2C)nc1N. The van der Waals surface area contributed by atoms with Crippen LogP contribution in [-0.2, 0) is 4.84 Å². The van der Waals surface area contributed by atoms with Crippen molar-refractivity contribution in [3.05, 3.63) is 40.5 Å². The topological polar surface area (TPSA) is 122 Å². The molecule has 0 saturated carbocycles. The number of nitrogens with two attached hydrogens (primary N) is 1. The average Bonchev–Trinajstić information content (AvgIpc) is 2.88. The molecule has 2 unspecified atom stereocenters. The summed E-state index contributed by atoms with van der Waals surface area (Å²) in [6.07, 6.45) is 1.23. The number of carbonyl (C=O) groups is 2. The van der Waals surface area contributed by atoms with Gasteiger partial charge in [0.15, 0.2) is 0 Å². The van der Waals surface area contributed by atoms with Crippen LogP contribution < -0.4 is 21.4 Å². The van der Waals surface area contributed by atoms with Crippen LogP contribution in [-0.4, -0.2) is 34.1 Å². The van der Waals surface area contributed by atoms with E-state index in [1.807, 2.05) is 13.8 Å². The molecule has 27 heavy (non-hydrogen) atoms. The molecule has 1 fully saturated rings. The van der Waals surface area contributed by atoms with Crippen molar-refractivity contribution in [2.45, 2.75) is 32.9 Å². The fourth-order valence-electron chi connectivity index (χ4n) is 2.60. The van der Waals surface area contributed by atoms with Crippen molar-refractivity contribution < 1.29 is 14.4 Å².